The van der Waals surface area contributed by atoms with Crippen LogP contribution in [0.25, 0.3) is 0 Å². The van der Waals surface area contributed by atoms with Crippen LogP contribution in [-0.2, 0) is 4.74 Å². The first-order valence-corrected chi connectivity index (χ1v) is 8.08. The van der Waals surface area contributed by atoms with Gasteiger partial charge < -0.3 is 15.4 Å². The Morgan fingerprint density at radius 3 is 2.45 bits per heavy atom. The number of nitrogens with zero attached hydrogens (tertiary/aromatic N) is 1. The van der Waals surface area contributed by atoms with E-state index in [-0.39, 0.29) is 6.09 Å². The van der Waals surface area contributed by atoms with E-state index in [1.54, 1.807) is 0 Å². The predicted octanol–water partition coefficient (Wildman–Crippen LogP) is 3.01. The monoisotopic (exact) mass is 282 g/mol. The zero-order valence-corrected chi connectivity index (χ0v) is 13.2. The highest BCUT2D eigenvalue weighted by Gasteiger charge is 2.37. The Morgan fingerprint density at radius 2 is 1.90 bits per heavy atom. The number of amides is 1. The van der Waals surface area contributed by atoms with E-state index < -0.39 is 5.60 Å². The maximum absolute atomic E-state index is 12.2. The molecule has 1 amide bonds. The van der Waals surface area contributed by atoms with Gasteiger partial charge in [0, 0.05) is 13.1 Å². The minimum Gasteiger partial charge on any atom is -0.444 e. The second-order valence-corrected chi connectivity index (χ2v) is 7.42. The number of piperidine rings is 1. The van der Waals surface area contributed by atoms with Crippen LogP contribution in [0.4, 0.5) is 4.79 Å². The second kappa shape index (κ2) is 6.33. The van der Waals surface area contributed by atoms with Gasteiger partial charge in [0.2, 0.25) is 0 Å². The maximum Gasteiger partial charge on any atom is 0.410 e. The summed E-state index contributed by atoms with van der Waals surface area (Å²) in [5.41, 5.74) is 5.54. The van der Waals surface area contributed by atoms with Crippen molar-refractivity contribution in [3.63, 3.8) is 0 Å². The summed E-state index contributed by atoms with van der Waals surface area (Å²) in [6, 6.07) is 0. The van der Waals surface area contributed by atoms with Gasteiger partial charge in [0.05, 0.1) is 0 Å². The minimum absolute atomic E-state index is 0.157. The molecule has 2 N–H and O–H groups in total. The molecule has 0 spiro atoms. The average Bonchev–Trinajstić information content (AvgIpc) is 2.89. The molecule has 4 heteroatoms. The van der Waals surface area contributed by atoms with Crippen LogP contribution in [0.3, 0.4) is 0 Å². The van der Waals surface area contributed by atoms with Crippen molar-refractivity contribution in [3.05, 3.63) is 0 Å². The molecule has 4 nitrogen and oxygen atoms in total. The highest BCUT2D eigenvalue weighted by molar-refractivity contribution is 5.68. The largest absolute Gasteiger partial charge is 0.444 e. The Hall–Kier alpha value is -0.770. The molecule has 2 aliphatic rings. The van der Waals surface area contributed by atoms with Crippen molar-refractivity contribution in [3.8, 4) is 0 Å². The summed E-state index contributed by atoms with van der Waals surface area (Å²) < 4.78 is 5.51. The van der Waals surface area contributed by atoms with E-state index in [0.29, 0.717) is 11.8 Å². The van der Waals surface area contributed by atoms with Gasteiger partial charge in [-0.3, -0.25) is 0 Å². The highest BCUT2D eigenvalue weighted by Crippen LogP contribution is 2.38. The fraction of sp³-hybridized carbons (Fsp3) is 0.938. The lowest BCUT2D eigenvalue weighted by Gasteiger charge is -2.41. The first-order valence-electron chi connectivity index (χ1n) is 8.08. The van der Waals surface area contributed by atoms with E-state index in [4.69, 9.17) is 10.5 Å². The van der Waals surface area contributed by atoms with Gasteiger partial charge >= 0.3 is 6.09 Å². The third kappa shape index (κ3) is 3.87. The van der Waals surface area contributed by atoms with Crippen molar-refractivity contribution >= 4 is 6.09 Å². The number of hydrogen-bond acceptors (Lipinski definition) is 3. The molecular weight excluding hydrogens is 252 g/mol. The number of rotatable bonds is 2. The normalized spacial score (nSPS) is 28.7. The van der Waals surface area contributed by atoms with Crippen LogP contribution in [0.5, 0.6) is 0 Å². The maximum atomic E-state index is 12.2. The van der Waals surface area contributed by atoms with Crippen molar-refractivity contribution < 1.29 is 9.53 Å². The van der Waals surface area contributed by atoms with Crippen LogP contribution in [0.15, 0.2) is 0 Å². The molecule has 0 bridgehead atoms. The number of nitrogens with two attached hydrogens (primary N) is 1. The van der Waals surface area contributed by atoms with E-state index in [9.17, 15) is 4.79 Å². The lowest BCUT2D eigenvalue weighted by atomic mass is 9.76. The number of likely N-dealkylation sites (tertiary alicyclic amines) is 1. The molecule has 2 rings (SSSR count). The van der Waals surface area contributed by atoms with Crippen LogP contribution < -0.4 is 5.73 Å². The number of ether oxygens (including phenoxy) is 1. The van der Waals surface area contributed by atoms with Gasteiger partial charge in [0.25, 0.3) is 0 Å². The third-order valence-electron chi connectivity index (χ3n) is 4.77. The Kier molecular flexibility index (Phi) is 4.95. The molecule has 1 aliphatic heterocycles. The van der Waals surface area contributed by atoms with Gasteiger partial charge in [-0.25, -0.2) is 4.79 Å². The molecule has 1 saturated heterocycles. The fourth-order valence-electron chi connectivity index (χ4n) is 3.74. The molecule has 2 fully saturated rings. The van der Waals surface area contributed by atoms with Crippen molar-refractivity contribution in [2.24, 2.45) is 23.5 Å². The Balaban J connectivity index is 1.98. The zero-order chi connectivity index (χ0) is 14.8. The van der Waals surface area contributed by atoms with Gasteiger partial charge in [-0.05, 0) is 51.5 Å². The van der Waals surface area contributed by atoms with Gasteiger partial charge in [-0.15, -0.1) is 0 Å². The molecule has 2 unspecified atom stereocenters. The lowest BCUT2D eigenvalue weighted by molar-refractivity contribution is 0.00472. The topological polar surface area (TPSA) is 55.6 Å². The molecule has 2 atom stereocenters. The summed E-state index contributed by atoms with van der Waals surface area (Å²) in [7, 11) is 0. The molecule has 1 aliphatic carbocycles. The van der Waals surface area contributed by atoms with E-state index in [2.05, 4.69) is 0 Å². The first-order chi connectivity index (χ1) is 9.40. The third-order valence-corrected chi connectivity index (χ3v) is 4.77. The summed E-state index contributed by atoms with van der Waals surface area (Å²) in [5, 5.41) is 0. The standard InChI is InChI=1S/C16H30N2O2/c1-16(2,3)20-15(19)18-9-8-13(10-17)14(11-18)12-6-4-5-7-12/h12-14H,4-11,17H2,1-3H3. The molecule has 0 aromatic heterocycles. The summed E-state index contributed by atoms with van der Waals surface area (Å²) >= 11 is 0. The molecule has 1 heterocycles. The summed E-state index contributed by atoms with van der Waals surface area (Å²) in [4.78, 5) is 14.1. The van der Waals surface area contributed by atoms with Gasteiger partial charge in [0.1, 0.15) is 5.60 Å². The van der Waals surface area contributed by atoms with Crippen LogP contribution in [0.2, 0.25) is 0 Å². The molecule has 0 radical (unpaired) electrons. The summed E-state index contributed by atoms with van der Waals surface area (Å²) in [6.45, 7) is 8.15. The predicted molar refractivity (Wildman–Crippen MR) is 80.4 cm³/mol. The smallest absolute Gasteiger partial charge is 0.410 e. The summed E-state index contributed by atoms with van der Waals surface area (Å²) in [6.07, 6.45) is 6.16. The van der Waals surface area contributed by atoms with E-state index in [0.717, 1.165) is 32.0 Å². The highest BCUT2D eigenvalue weighted by atomic mass is 16.6. The zero-order valence-electron chi connectivity index (χ0n) is 13.2. The molecular formula is C16H30N2O2. The Labute approximate surface area is 123 Å². The molecule has 1 saturated carbocycles. The quantitative estimate of drug-likeness (QED) is 0.847. The molecule has 0 aromatic carbocycles. The minimum atomic E-state index is -0.412. The van der Waals surface area contributed by atoms with Crippen LogP contribution in [-0.4, -0.2) is 36.2 Å². The van der Waals surface area contributed by atoms with E-state index in [1.165, 1.54) is 25.7 Å². The number of carbonyl (C=O) groups is 1. The van der Waals surface area contributed by atoms with Crippen molar-refractivity contribution in [2.45, 2.75) is 58.5 Å². The lowest BCUT2D eigenvalue weighted by Crippen LogP contribution is -2.49. The van der Waals surface area contributed by atoms with E-state index in [1.807, 2.05) is 25.7 Å². The molecule has 20 heavy (non-hydrogen) atoms. The fourth-order valence-corrected chi connectivity index (χ4v) is 3.74. The second-order valence-electron chi connectivity index (χ2n) is 7.42. The van der Waals surface area contributed by atoms with Crippen LogP contribution in [0, 0.1) is 17.8 Å². The Morgan fingerprint density at radius 1 is 1.25 bits per heavy atom. The van der Waals surface area contributed by atoms with E-state index >= 15 is 0 Å². The van der Waals surface area contributed by atoms with Crippen LogP contribution >= 0.6 is 0 Å². The SMILES string of the molecule is CC(C)(C)OC(=O)N1CCC(CN)C(C2CCCC2)C1. The molecule has 116 valence electrons. The van der Waals surface area contributed by atoms with Crippen LogP contribution in [0.1, 0.15) is 52.9 Å². The Bertz CT molecular complexity index is 330. The summed E-state index contributed by atoms with van der Waals surface area (Å²) in [5.74, 6) is 1.91. The van der Waals surface area contributed by atoms with Crippen molar-refractivity contribution in [1.82, 2.24) is 4.90 Å². The van der Waals surface area contributed by atoms with Crippen molar-refractivity contribution in [1.29, 1.82) is 0 Å². The van der Waals surface area contributed by atoms with Gasteiger partial charge in [-0.1, -0.05) is 25.7 Å². The first kappa shape index (κ1) is 15.6. The average molecular weight is 282 g/mol. The van der Waals surface area contributed by atoms with Gasteiger partial charge in [-0.2, -0.15) is 0 Å². The number of hydrogen-bond donors (Lipinski definition) is 1. The number of carbonyl (C=O) groups excluding carboxylic acids is 1. The van der Waals surface area contributed by atoms with Gasteiger partial charge in [0.15, 0.2) is 0 Å². The molecule has 0 aromatic rings. The van der Waals surface area contributed by atoms with Crippen molar-refractivity contribution in [2.75, 3.05) is 19.6 Å².